The monoisotopic (exact) mass is 361 g/mol. The molecular formula is C18H14F3N3O2. The van der Waals surface area contributed by atoms with Crippen molar-refractivity contribution < 1.29 is 22.4 Å². The molecule has 1 unspecified atom stereocenters. The van der Waals surface area contributed by atoms with Gasteiger partial charge in [0, 0.05) is 12.1 Å². The Kier molecular flexibility index (Phi) is 3.71. The number of hydrogen-bond donors (Lipinski definition) is 0. The van der Waals surface area contributed by atoms with E-state index in [1.54, 1.807) is 18.2 Å². The maximum absolute atomic E-state index is 13.1. The average molecular weight is 361 g/mol. The van der Waals surface area contributed by atoms with Crippen LogP contribution in [0.3, 0.4) is 0 Å². The molecule has 1 aliphatic rings. The number of fused-ring (bicyclic) bond motifs is 1. The second-order valence-electron chi connectivity index (χ2n) is 6.19. The number of benzene rings is 1. The summed E-state index contributed by atoms with van der Waals surface area (Å²) in [6.07, 6.45) is -3.92. The van der Waals surface area contributed by atoms with Crippen molar-refractivity contribution >= 4 is 22.8 Å². The number of oxazole rings is 1. The number of amides is 1. The number of carbonyl (C=O) groups excluding carboxylic acids is 1. The Labute approximate surface area is 146 Å². The third kappa shape index (κ3) is 2.81. The van der Waals surface area contributed by atoms with Gasteiger partial charge in [0.05, 0.1) is 5.56 Å². The largest absolute Gasteiger partial charge is 0.438 e. The zero-order valence-corrected chi connectivity index (χ0v) is 13.7. The van der Waals surface area contributed by atoms with Gasteiger partial charge in [0.2, 0.25) is 11.8 Å². The molecule has 0 radical (unpaired) electrons. The lowest BCUT2D eigenvalue weighted by Crippen LogP contribution is -2.29. The van der Waals surface area contributed by atoms with E-state index in [0.29, 0.717) is 23.4 Å². The van der Waals surface area contributed by atoms with Gasteiger partial charge in [0.1, 0.15) is 17.4 Å². The van der Waals surface area contributed by atoms with Crippen molar-refractivity contribution in [3.05, 3.63) is 53.5 Å². The summed E-state index contributed by atoms with van der Waals surface area (Å²) >= 11 is 0. The topological polar surface area (TPSA) is 59.2 Å². The van der Waals surface area contributed by atoms with Crippen molar-refractivity contribution in [3.63, 3.8) is 0 Å². The lowest BCUT2D eigenvalue weighted by atomic mass is 10.2. The first-order valence-electron chi connectivity index (χ1n) is 8.06. The second-order valence-corrected chi connectivity index (χ2v) is 6.19. The molecule has 5 nitrogen and oxygen atoms in total. The molecule has 0 spiro atoms. The number of rotatable bonds is 2. The van der Waals surface area contributed by atoms with Gasteiger partial charge in [-0.1, -0.05) is 12.1 Å². The number of hydrogen-bond acceptors (Lipinski definition) is 4. The van der Waals surface area contributed by atoms with Gasteiger partial charge in [-0.3, -0.25) is 9.69 Å². The molecule has 1 amide bonds. The highest BCUT2D eigenvalue weighted by molar-refractivity contribution is 5.95. The maximum Gasteiger partial charge on any atom is 0.416 e. The van der Waals surface area contributed by atoms with Crippen LogP contribution < -0.4 is 4.90 Å². The lowest BCUT2D eigenvalue weighted by molar-refractivity contribution is -0.137. The molecule has 0 N–H and O–H groups in total. The molecule has 26 heavy (non-hydrogen) atoms. The zero-order chi connectivity index (χ0) is 18.5. The molecule has 0 bridgehead atoms. The number of alkyl halides is 3. The van der Waals surface area contributed by atoms with Gasteiger partial charge >= 0.3 is 6.18 Å². The van der Waals surface area contributed by atoms with Crippen molar-refractivity contribution in [2.75, 3.05) is 4.90 Å². The number of aryl methyl sites for hydroxylation is 1. The highest BCUT2D eigenvalue weighted by Gasteiger charge is 2.39. The van der Waals surface area contributed by atoms with Crippen molar-refractivity contribution in [1.82, 2.24) is 9.97 Å². The first-order valence-corrected chi connectivity index (χ1v) is 8.06. The van der Waals surface area contributed by atoms with Crippen molar-refractivity contribution in [1.29, 1.82) is 0 Å². The standard InChI is InChI=1S/C18H14F3N3O2/c1-10-8-11(18(19,20)21)9-15(22-10)24-13(6-7-16(24)25)17-23-12-4-2-3-5-14(12)26-17/h2-5,8-9,13H,6-7H2,1H3. The van der Waals surface area contributed by atoms with Crippen LogP contribution in [0.15, 0.2) is 40.8 Å². The quantitative estimate of drug-likeness (QED) is 0.678. The van der Waals surface area contributed by atoms with Crippen LogP contribution in [0.25, 0.3) is 11.1 Å². The van der Waals surface area contributed by atoms with Gasteiger partial charge in [-0.25, -0.2) is 9.97 Å². The molecule has 4 rings (SSSR count). The summed E-state index contributed by atoms with van der Waals surface area (Å²) in [5, 5.41) is 0. The van der Waals surface area contributed by atoms with Gasteiger partial charge in [-0.2, -0.15) is 13.2 Å². The minimum Gasteiger partial charge on any atom is -0.438 e. The molecule has 0 aliphatic carbocycles. The third-order valence-corrected chi connectivity index (χ3v) is 4.32. The Morgan fingerprint density at radius 1 is 1.19 bits per heavy atom. The smallest absolute Gasteiger partial charge is 0.416 e. The van der Waals surface area contributed by atoms with E-state index in [2.05, 4.69) is 9.97 Å². The first kappa shape index (κ1) is 16.6. The minimum absolute atomic E-state index is 0.0351. The van der Waals surface area contributed by atoms with E-state index < -0.39 is 17.8 Å². The number of pyridine rings is 1. The fourth-order valence-corrected chi connectivity index (χ4v) is 3.18. The summed E-state index contributed by atoms with van der Waals surface area (Å²) in [7, 11) is 0. The lowest BCUT2D eigenvalue weighted by Gasteiger charge is -2.22. The van der Waals surface area contributed by atoms with Gasteiger partial charge < -0.3 is 4.42 Å². The van der Waals surface area contributed by atoms with Gasteiger partial charge in [-0.05, 0) is 37.6 Å². The van der Waals surface area contributed by atoms with Crippen molar-refractivity contribution in [2.24, 2.45) is 0 Å². The van der Waals surface area contributed by atoms with Crippen LogP contribution in [0.4, 0.5) is 19.0 Å². The minimum atomic E-state index is -4.52. The summed E-state index contributed by atoms with van der Waals surface area (Å²) in [4.78, 5) is 22.2. The summed E-state index contributed by atoms with van der Waals surface area (Å²) in [5.74, 6) is -0.0375. The molecule has 0 saturated carbocycles. The molecule has 1 fully saturated rings. The van der Waals surface area contributed by atoms with Crippen LogP contribution in [-0.4, -0.2) is 15.9 Å². The number of carbonyl (C=O) groups is 1. The molecule has 1 atom stereocenters. The molecule has 3 heterocycles. The fraction of sp³-hybridized carbons (Fsp3) is 0.278. The van der Waals surface area contributed by atoms with Crippen LogP contribution in [0.5, 0.6) is 0 Å². The van der Waals surface area contributed by atoms with E-state index in [1.807, 2.05) is 6.07 Å². The van der Waals surface area contributed by atoms with Gasteiger partial charge in [0.15, 0.2) is 5.58 Å². The predicted octanol–water partition coefficient (Wildman–Crippen LogP) is 4.42. The van der Waals surface area contributed by atoms with Crippen LogP contribution >= 0.6 is 0 Å². The molecule has 2 aromatic heterocycles. The molecular weight excluding hydrogens is 347 g/mol. The van der Waals surface area contributed by atoms with E-state index in [-0.39, 0.29) is 23.8 Å². The molecule has 1 aliphatic heterocycles. The zero-order valence-electron chi connectivity index (χ0n) is 13.7. The first-order chi connectivity index (χ1) is 12.3. The number of nitrogens with zero attached hydrogens (tertiary/aromatic N) is 3. The molecule has 134 valence electrons. The van der Waals surface area contributed by atoms with Crippen molar-refractivity contribution in [3.8, 4) is 0 Å². The van der Waals surface area contributed by atoms with Gasteiger partial charge in [-0.15, -0.1) is 0 Å². The Bertz CT molecular complexity index is 964. The SMILES string of the molecule is Cc1cc(C(F)(F)F)cc(N2C(=O)CCC2c2nc3ccccc3o2)n1. The number of aromatic nitrogens is 2. The average Bonchev–Trinajstić information content (AvgIpc) is 3.16. The van der Waals surface area contributed by atoms with E-state index in [4.69, 9.17) is 4.42 Å². The van der Waals surface area contributed by atoms with E-state index in [9.17, 15) is 18.0 Å². The normalized spacial score (nSPS) is 18.1. The Balaban J connectivity index is 1.79. The van der Waals surface area contributed by atoms with Crippen LogP contribution in [0.1, 0.15) is 36.0 Å². The van der Waals surface area contributed by atoms with Crippen molar-refractivity contribution in [2.45, 2.75) is 32.0 Å². The van der Waals surface area contributed by atoms with Crippen LogP contribution in [-0.2, 0) is 11.0 Å². The summed E-state index contributed by atoms with van der Waals surface area (Å²) in [6.45, 7) is 1.47. The molecule has 1 saturated heterocycles. The maximum atomic E-state index is 13.1. The van der Waals surface area contributed by atoms with Crippen LogP contribution in [0, 0.1) is 6.92 Å². The highest BCUT2D eigenvalue weighted by Crippen LogP contribution is 2.39. The van der Waals surface area contributed by atoms with E-state index >= 15 is 0 Å². The number of halogens is 3. The molecule has 3 aromatic rings. The van der Waals surface area contributed by atoms with E-state index in [0.717, 1.165) is 12.1 Å². The molecule has 8 heteroatoms. The second kappa shape index (κ2) is 5.82. The third-order valence-electron chi connectivity index (χ3n) is 4.32. The number of para-hydroxylation sites is 2. The Morgan fingerprint density at radius 3 is 2.69 bits per heavy atom. The fourth-order valence-electron chi connectivity index (χ4n) is 3.18. The number of anilines is 1. The van der Waals surface area contributed by atoms with Gasteiger partial charge in [0.25, 0.3) is 0 Å². The Morgan fingerprint density at radius 2 is 1.96 bits per heavy atom. The van der Waals surface area contributed by atoms with E-state index in [1.165, 1.54) is 11.8 Å². The summed E-state index contributed by atoms with van der Waals surface area (Å²) in [6, 6.07) is 8.40. The predicted molar refractivity (Wildman–Crippen MR) is 87.4 cm³/mol. The highest BCUT2D eigenvalue weighted by atomic mass is 19.4. The Hall–Kier alpha value is -2.90. The van der Waals surface area contributed by atoms with Crippen LogP contribution in [0.2, 0.25) is 0 Å². The summed E-state index contributed by atoms with van der Waals surface area (Å²) in [5.41, 5.74) is 0.548. The summed E-state index contributed by atoms with van der Waals surface area (Å²) < 4.78 is 45.1. The molecule has 1 aromatic carbocycles.